The van der Waals surface area contributed by atoms with Crippen LogP contribution in [0.15, 0.2) is 36.7 Å². The van der Waals surface area contributed by atoms with Gasteiger partial charge in [0.25, 0.3) is 5.91 Å². The van der Waals surface area contributed by atoms with Gasteiger partial charge in [-0.3, -0.25) is 4.79 Å². The summed E-state index contributed by atoms with van der Waals surface area (Å²) < 4.78 is 0. The molecule has 0 bridgehead atoms. The number of carbonyl (C=O) groups excluding carboxylic acids is 1. The third kappa shape index (κ3) is 4.19. The largest absolute Gasteiger partial charge is 0.372 e. The number of rotatable bonds is 4. The lowest BCUT2D eigenvalue weighted by Crippen LogP contribution is -2.45. The number of hydrogen-bond acceptors (Lipinski definition) is 6. The van der Waals surface area contributed by atoms with E-state index in [-0.39, 0.29) is 5.91 Å². The zero-order valence-electron chi connectivity index (χ0n) is 15.8. The molecule has 2 aliphatic rings. The van der Waals surface area contributed by atoms with Gasteiger partial charge in [-0.2, -0.15) is 0 Å². The summed E-state index contributed by atoms with van der Waals surface area (Å²) in [6, 6.07) is 8.03. The van der Waals surface area contributed by atoms with Crippen LogP contribution in [0.2, 0.25) is 0 Å². The fourth-order valence-corrected chi connectivity index (χ4v) is 3.54. The summed E-state index contributed by atoms with van der Waals surface area (Å²) in [5.74, 6) is 0.503. The Kier molecular flexibility index (Phi) is 5.20. The highest BCUT2D eigenvalue weighted by atomic mass is 16.1. The third-order valence-corrected chi connectivity index (χ3v) is 5.28. The van der Waals surface area contributed by atoms with Crippen LogP contribution < -0.4 is 15.1 Å². The van der Waals surface area contributed by atoms with E-state index in [2.05, 4.69) is 49.2 Å². The number of carbonyl (C=O) groups is 1. The van der Waals surface area contributed by atoms with Crippen LogP contribution >= 0.6 is 0 Å². The van der Waals surface area contributed by atoms with E-state index >= 15 is 0 Å². The van der Waals surface area contributed by atoms with Gasteiger partial charge in [-0.25, -0.2) is 9.97 Å². The minimum absolute atomic E-state index is 0.186. The first-order valence-corrected chi connectivity index (χ1v) is 9.61. The quantitative estimate of drug-likeness (QED) is 0.894. The van der Waals surface area contributed by atoms with Gasteiger partial charge in [-0.15, -0.1) is 0 Å². The van der Waals surface area contributed by atoms with Gasteiger partial charge in [0.15, 0.2) is 0 Å². The Labute approximate surface area is 160 Å². The second-order valence-corrected chi connectivity index (χ2v) is 7.26. The summed E-state index contributed by atoms with van der Waals surface area (Å²) in [7, 11) is 2.11. The van der Waals surface area contributed by atoms with Gasteiger partial charge in [0.05, 0.1) is 5.56 Å². The third-order valence-electron chi connectivity index (χ3n) is 5.28. The van der Waals surface area contributed by atoms with Gasteiger partial charge in [0, 0.05) is 63.0 Å². The molecule has 1 amide bonds. The Hall–Kier alpha value is -2.67. The molecule has 27 heavy (non-hydrogen) atoms. The van der Waals surface area contributed by atoms with Crippen LogP contribution in [0, 0.1) is 0 Å². The summed E-state index contributed by atoms with van der Waals surface area (Å²) >= 11 is 0. The Morgan fingerprint density at radius 2 is 1.52 bits per heavy atom. The Morgan fingerprint density at radius 1 is 0.889 bits per heavy atom. The van der Waals surface area contributed by atoms with Crippen molar-refractivity contribution in [3.05, 3.63) is 42.2 Å². The monoisotopic (exact) mass is 366 g/mol. The lowest BCUT2D eigenvalue weighted by atomic mass is 10.2. The molecule has 2 fully saturated rings. The molecule has 0 radical (unpaired) electrons. The first-order chi connectivity index (χ1) is 13.2. The van der Waals surface area contributed by atoms with E-state index in [1.54, 1.807) is 12.4 Å². The molecule has 142 valence electrons. The average Bonchev–Trinajstić information content (AvgIpc) is 3.24. The van der Waals surface area contributed by atoms with E-state index in [1.807, 2.05) is 12.1 Å². The molecule has 1 N–H and O–H groups in total. The molecule has 4 rings (SSSR count). The van der Waals surface area contributed by atoms with Crippen LogP contribution in [-0.4, -0.2) is 67.1 Å². The van der Waals surface area contributed by atoms with Gasteiger partial charge in [-0.1, -0.05) is 0 Å². The molecule has 2 aromatic rings. The van der Waals surface area contributed by atoms with Gasteiger partial charge < -0.3 is 20.0 Å². The number of nitrogens with one attached hydrogen (secondary N) is 1. The van der Waals surface area contributed by atoms with Crippen LogP contribution in [0.1, 0.15) is 23.2 Å². The van der Waals surface area contributed by atoms with Crippen LogP contribution in [0.25, 0.3) is 0 Å². The Morgan fingerprint density at radius 3 is 2.15 bits per heavy atom. The van der Waals surface area contributed by atoms with E-state index in [9.17, 15) is 4.79 Å². The normalized spacial score (nSPS) is 18.0. The molecule has 0 unspecified atom stereocenters. The SMILES string of the molecule is CN1CCN(c2ncc(C(=O)Nc3ccc(N4CCCC4)cc3)cn2)CC1. The zero-order chi connectivity index (χ0) is 18.6. The number of likely N-dealkylation sites (N-methyl/N-ethyl adjacent to an activating group) is 1. The molecule has 0 atom stereocenters. The first-order valence-electron chi connectivity index (χ1n) is 9.61. The van der Waals surface area contributed by atoms with Crippen molar-refractivity contribution in [2.45, 2.75) is 12.8 Å². The van der Waals surface area contributed by atoms with Crippen LogP contribution in [0.3, 0.4) is 0 Å². The molecule has 7 nitrogen and oxygen atoms in total. The van der Waals surface area contributed by atoms with Gasteiger partial charge in [-0.05, 0) is 44.2 Å². The maximum absolute atomic E-state index is 12.5. The molecule has 1 aromatic heterocycles. The van der Waals surface area contributed by atoms with Crippen LogP contribution in [0.5, 0.6) is 0 Å². The fourth-order valence-electron chi connectivity index (χ4n) is 3.54. The number of aromatic nitrogens is 2. The number of nitrogens with zero attached hydrogens (tertiary/aromatic N) is 5. The molecule has 0 spiro atoms. The van der Waals surface area contributed by atoms with Crippen LogP contribution in [-0.2, 0) is 0 Å². The van der Waals surface area contributed by atoms with Crippen molar-refractivity contribution in [1.82, 2.24) is 14.9 Å². The molecule has 3 heterocycles. The first kappa shape index (κ1) is 17.7. The fraction of sp³-hybridized carbons (Fsp3) is 0.450. The lowest BCUT2D eigenvalue weighted by Gasteiger charge is -2.32. The summed E-state index contributed by atoms with van der Waals surface area (Å²) in [6.45, 7) is 6.04. The predicted molar refractivity (Wildman–Crippen MR) is 108 cm³/mol. The van der Waals surface area contributed by atoms with Gasteiger partial charge in [0.1, 0.15) is 0 Å². The molecular weight excluding hydrogens is 340 g/mol. The number of hydrogen-bond donors (Lipinski definition) is 1. The maximum Gasteiger partial charge on any atom is 0.258 e. The molecule has 2 saturated heterocycles. The number of piperazine rings is 1. The van der Waals surface area contributed by atoms with Gasteiger partial charge >= 0.3 is 0 Å². The second-order valence-electron chi connectivity index (χ2n) is 7.26. The van der Waals surface area contributed by atoms with E-state index in [0.29, 0.717) is 11.5 Å². The van der Waals surface area contributed by atoms with Crippen molar-refractivity contribution in [3.63, 3.8) is 0 Å². The number of amides is 1. The average molecular weight is 366 g/mol. The zero-order valence-corrected chi connectivity index (χ0v) is 15.8. The molecular formula is C20H26N6O. The topological polar surface area (TPSA) is 64.6 Å². The van der Waals surface area contributed by atoms with Crippen molar-refractivity contribution in [3.8, 4) is 0 Å². The van der Waals surface area contributed by atoms with E-state index in [1.165, 1.54) is 18.5 Å². The van der Waals surface area contributed by atoms with Crippen LogP contribution in [0.4, 0.5) is 17.3 Å². The summed E-state index contributed by atoms with van der Waals surface area (Å²) in [4.78, 5) is 28.0. The maximum atomic E-state index is 12.5. The summed E-state index contributed by atoms with van der Waals surface area (Å²) in [6.07, 6.45) is 5.72. The Bertz CT molecular complexity index is 762. The van der Waals surface area contributed by atoms with Crippen molar-refractivity contribution in [1.29, 1.82) is 0 Å². The number of anilines is 3. The van der Waals surface area contributed by atoms with E-state index in [0.717, 1.165) is 45.0 Å². The molecule has 7 heteroatoms. The highest BCUT2D eigenvalue weighted by Gasteiger charge is 2.17. The highest BCUT2D eigenvalue weighted by Crippen LogP contribution is 2.22. The second kappa shape index (κ2) is 7.92. The van der Waals surface area contributed by atoms with Crippen molar-refractivity contribution in [2.24, 2.45) is 0 Å². The van der Waals surface area contributed by atoms with Crippen molar-refractivity contribution < 1.29 is 4.79 Å². The minimum atomic E-state index is -0.186. The lowest BCUT2D eigenvalue weighted by molar-refractivity contribution is 0.102. The molecule has 2 aliphatic heterocycles. The molecule has 0 aliphatic carbocycles. The standard InChI is InChI=1S/C20H26N6O/c1-24-10-12-26(13-11-24)20-21-14-16(15-22-20)19(27)23-17-4-6-18(7-5-17)25-8-2-3-9-25/h4-7,14-15H,2-3,8-13H2,1H3,(H,23,27). The van der Waals surface area contributed by atoms with Crippen molar-refractivity contribution >= 4 is 23.2 Å². The predicted octanol–water partition coefficient (Wildman–Crippen LogP) is 2.08. The number of benzene rings is 1. The molecule has 1 aromatic carbocycles. The van der Waals surface area contributed by atoms with E-state index in [4.69, 9.17) is 0 Å². The summed E-state index contributed by atoms with van der Waals surface area (Å²) in [5, 5.41) is 2.92. The summed E-state index contributed by atoms with van der Waals surface area (Å²) in [5.41, 5.74) is 2.47. The smallest absolute Gasteiger partial charge is 0.258 e. The Balaban J connectivity index is 1.36. The van der Waals surface area contributed by atoms with Crippen molar-refractivity contribution in [2.75, 3.05) is 61.4 Å². The minimum Gasteiger partial charge on any atom is -0.372 e. The highest BCUT2D eigenvalue weighted by molar-refractivity contribution is 6.03. The van der Waals surface area contributed by atoms with E-state index < -0.39 is 0 Å². The van der Waals surface area contributed by atoms with Gasteiger partial charge in [0.2, 0.25) is 5.95 Å². The molecule has 0 saturated carbocycles.